The molecule has 0 amide bonds. The van der Waals surface area contributed by atoms with Crippen LogP contribution in [0.5, 0.6) is 0 Å². The van der Waals surface area contributed by atoms with Crippen molar-refractivity contribution in [3.8, 4) is 5.69 Å². The minimum absolute atomic E-state index is 0. The molecular formula is C21H32IN5O2. The van der Waals surface area contributed by atoms with Gasteiger partial charge in [0.15, 0.2) is 5.96 Å². The molecule has 0 fully saturated rings. The second-order valence-electron chi connectivity index (χ2n) is 6.71. The maximum absolute atomic E-state index is 11.1. The summed E-state index contributed by atoms with van der Waals surface area (Å²) in [6, 6.07) is 10.3. The zero-order valence-electron chi connectivity index (χ0n) is 17.7. The third-order valence-electron chi connectivity index (χ3n) is 4.48. The lowest BCUT2D eigenvalue weighted by Gasteiger charge is -2.15. The average Bonchev–Trinajstić information content (AvgIpc) is 3.04. The molecule has 0 radical (unpaired) electrons. The maximum atomic E-state index is 11.1. The van der Waals surface area contributed by atoms with E-state index in [0.29, 0.717) is 13.0 Å². The normalized spacial score (nSPS) is 11.0. The first-order valence-corrected chi connectivity index (χ1v) is 9.68. The number of hydrogen-bond donors (Lipinski definition) is 2. The molecule has 1 aromatic carbocycles. The van der Waals surface area contributed by atoms with Gasteiger partial charge in [-0.05, 0) is 44.4 Å². The summed E-state index contributed by atoms with van der Waals surface area (Å²) >= 11 is 0. The number of nitrogens with zero attached hydrogens (tertiary/aromatic N) is 3. The molecule has 2 aromatic rings. The van der Waals surface area contributed by atoms with Crippen LogP contribution in [-0.4, -0.2) is 42.4 Å². The number of carbonyl (C=O) groups excluding carboxylic acids is 1. The minimum atomic E-state index is -0.147. The van der Waals surface area contributed by atoms with Crippen LogP contribution in [0.15, 0.2) is 35.3 Å². The summed E-state index contributed by atoms with van der Waals surface area (Å²) in [5, 5.41) is 11.3. The Morgan fingerprint density at radius 3 is 2.59 bits per heavy atom. The van der Waals surface area contributed by atoms with Gasteiger partial charge >= 0.3 is 5.97 Å². The van der Waals surface area contributed by atoms with Gasteiger partial charge in [0.1, 0.15) is 0 Å². The SMILES string of the molecule is CN=C(NCCCCCC(=O)OC)NCc1ccccc1-n1nc(C)cc1C.I. The summed E-state index contributed by atoms with van der Waals surface area (Å²) in [4.78, 5) is 15.4. The van der Waals surface area contributed by atoms with Crippen molar-refractivity contribution in [3.63, 3.8) is 0 Å². The fourth-order valence-electron chi connectivity index (χ4n) is 3.02. The van der Waals surface area contributed by atoms with Gasteiger partial charge in [0, 0.05) is 32.3 Å². The molecule has 0 saturated carbocycles. The van der Waals surface area contributed by atoms with Gasteiger partial charge in [-0.1, -0.05) is 24.6 Å². The number of ether oxygens (including phenoxy) is 1. The van der Waals surface area contributed by atoms with Gasteiger partial charge in [-0.3, -0.25) is 9.79 Å². The number of esters is 1. The Balaban J connectivity index is 0.00000420. The second kappa shape index (κ2) is 13.2. The van der Waals surface area contributed by atoms with Gasteiger partial charge in [0.05, 0.1) is 18.5 Å². The van der Waals surface area contributed by atoms with Gasteiger partial charge in [-0.2, -0.15) is 5.10 Å². The lowest BCUT2D eigenvalue weighted by molar-refractivity contribution is -0.140. The Morgan fingerprint density at radius 2 is 1.93 bits per heavy atom. The van der Waals surface area contributed by atoms with Crippen molar-refractivity contribution >= 4 is 35.9 Å². The van der Waals surface area contributed by atoms with Crippen LogP contribution in [0.25, 0.3) is 5.69 Å². The number of rotatable bonds is 9. The second-order valence-corrected chi connectivity index (χ2v) is 6.71. The fourth-order valence-corrected chi connectivity index (χ4v) is 3.02. The average molecular weight is 513 g/mol. The number of aliphatic imine (C=N–C) groups is 1. The van der Waals surface area contributed by atoms with Crippen molar-refractivity contribution in [1.82, 2.24) is 20.4 Å². The van der Waals surface area contributed by atoms with E-state index < -0.39 is 0 Å². The van der Waals surface area contributed by atoms with E-state index in [2.05, 4.69) is 50.6 Å². The van der Waals surface area contributed by atoms with Gasteiger partial charge in [0.2, 0.25) is 0 Å². The molecule has 0 aliphatic rings. The van der Waals surface area contributed by atoms with Gasteiger partial charge in [-0.15, -0.1) is 24.0 Å². The first-order valence-electron chi connectivity index (χ1n) is 9.68. The summed E-state index contributed by atoms with van der Waals surface area (Å²) in [5.74, 6) is 0.614. The number of unbranched alkanes of at least 4 members (excludes halogenated alkanes) is 2. The molecule has 8 heteroatoms. The first kappa shape index (κ1) is 24.9. The lowest BCUT2D eigenvalue weighted by Crippen LogP contribution is -2.37. The number of aromatic nitrogens is 2. The summed E-state index contributed by atoms with van der Waals surface area (Å²) < 4.78 is 6.62. The van der Waals surface area contributed by atoms with Crippen molar-refractivity contribution < 1.29 is 9.53 Å². The van der Waals surface area contributed by atoms with E-state index in [4.69, 9.17) is 0 Å². The summed E-state index contributed by atoms with van der Waals surface area (Å²) in [5.41, 5.74) is 4.33. The van der Waals surface area contributed by atoms with E-state index >= 15 is 0 Å². The molecule has 160 valence electrons. The molecule has 7 nitrogen and oxygen atoms in total. The summed E-state index contributed by atoms with van der Waals surface area (Å²) in [6.07, 6.45) is 3.27. The standard InChI is InChI=1S/C21H31N5O2.HI/c1-16-14-17(2)26(25-16)19-11-8-7-10-18(19)15-24-21(22-3)23-13-9-5-6-12-20(27)28-4;/h7-8,10-11,14H,5-6,9,12-13,15H2,1-4H3,(H2,22,23,24);1H. The number of methoxy groups -OCH3 is 1. The Kier molecular flexibility index (Phi) is 11.3. The van der Waals surface area contributed by atoms with E-state index in [1.165, 1.54) is 7.11 Å². The molecule has 29 heavy (non-hydrogen) atoms. The Morgan fingerprint density at radius 1 is 1.17 bits per heavy atom. The number of aryl methyl sites for hydroxylation is 2. The number of hydrogen-bond acceptors (Lipinski definition) is 4. The predicted molar refractivity (Wildman–Crippen MR) is 127 cm³/mol. The predicted octanol–water partition coefficient (Wildman–Crippen LogP) is 3.51. The van der Waals surface area contributed by atoms with Gasteiger partial charge in [0.25, 0.3) is 0 Å². The van der Waals surface area contributed by atoms with Crippen LogP contribution in [-0.2, 0) is 16.1 Å². The molecule has 0 aliphatic heterocycles. The quantitative estimate of drug-likeness (QED) is 0.176. The Hall–Kier alpha value is -2.10. The van der Waals surface area contributed by atoms with Crippen LogP contribution >= 0.6 is 24.0 Å². The molecule has 0 saturated heterocycles. The number of guanidine groups is 1. The van der Waals surface area contributed by atoms with E-state index in [1.807, 2.05) is 23.7 Å². The zero-order valence-corrected chi connectivity index (χ0v) is 20.0. The van der Waals surface area contributed by atoms with E-state index in [-0.39, 0.29) is 29.9 Å². The smallest absolute Gasteiger partial charge is 0.305 e. The third-order valence-corrected chi connectivity index (χ3v) is 4.48. The van der Waals surface area contributed by atoms with E-state index in [1.54, 1.807) is 7.05 Å². The third kappa shape index (κ3) is 8.04. The monoisotopic (exact) mass is 513 g/mol. The van der Waals surface area contributed by atoms with Crippen molar-refractivity contribution in [2.75, 3.05) is 20.7 Å². The molecule has 1 aromatic heterocycles. The molecule has 0 unspecified atom stereocenters. The molecule has 2 N–H and O–H groups in total. The van der Waals surface area contributed by atoms with Crippen LogP contribution in [0.3, 0.4) is 0 Å². The van der Waals surface area contributed by atoms with Gasteiger partial charge < -0.3 is 15.4 Å². The molecule has 0 atom stereocenters. The molecule has 2 rings (SSSR count). The van der Waals surface area contributed by atoms with Crippen LogP contribution in [0.4, 0.5) is 0 Å². The molecule has 0 aliphatic carbocycles. The maximum Gasteiger partial charge on any atom is 0.305 e. The highest BCUT2D eigenvalue weighted by atomic mass is 127. The van der Waals surface area contributed by atoms with Crippen molar-refractivity contribution in [1.29, 1.82) is 0 Å². The highest BCUT2D eigenvalue weighted by molar-refractivity contribution is 14.0. The van der Waals surface area contributed by atoms with Crippen molar-refractivity contribution in [3.05, 3.63) is 47.3 Å². The zero-order chi connectivity index (χ0) is 20.4. The molecule has 1 heterocycles. The minimum Gasteiger partial charge on any atom is -0.469 e. The molecular weight excluding hydrogens is 481 g/mol. The van der Waals surface area contributed by atoms with Crippen LogP contribution < -0.4 is 10.6 Å². The van der Waals surface area contributed by atoms with E-state index in [0.717, 1.165) is 54.4 Å². The Bertz CT molecular complexity index is 804. The lowest BCUT2D eigenvalue weighted by atomic mass is 10.1. The topological polar surface area (TPSA) is 80.5 Å². The summed E-state index contributed by atoms with van der Waals surface area (Å²) in [7, 11) is 3.19. The van der Waals surface area contributed by atoms with Crippen LogP contribution in [0.2, 0.25) is 0 Å². The first-order chi connectivity index (χ1) is 13.5. The number of benzene rings is 1. The van der Waals surface area contributed by atoms with Crippen LogP contribution in [0.1, 0.15) is 42.6 Å². The highest BCUT2D eigenvalue weighted by Gasteiger charge is 2.09. The summed E-state index contributed by atoms with van der Waals surface area (Å²) in [6.45, 7) is 5.52. The Labute approximate surface area is 190 Å². The number of halogens is 1. The highest BCUT2D eigenvalue weighted by Crippen LogP contribution is 2.16. The number of carbonyl (C=O) groups is 1. The number of nitrogens with one attached hydrogen (secondary N) is 2. The van der Waals surface area contributed by atoms with Gasteiger partial charge in [-0.25, -0.2) is 4.68 Å². The fraction of sp³-hybridized carbons (Fsp3) is 0.476. The van der Waals surface area contributed by atoms with Crippen molar-refractivity contribution in [2.24, 2.45) is 4.99 Å². The van der Waals surface area contributed by atoms with Crippen molar-refractivity contribution in [2.45, 2.75) is 46.1 Å². The van der Waals surface area contributed by atoms with E-state index in [9.17, 15) is 4.79 Å². The molecule has 0 spiro atoms. The molecule has 0 bridgehead atoms. The largest absolute Gasteiger partial charge is 0.469 e. The number of para-hydroxylation sites is 1. The van der Waals surface area contributed by atoms with Crippen LogP contribution in [0, 0.1) is 13.8 Å².